The van der Waals surface area contributed by atoms with E-state index in [1.807, 2.05) is 6.92 Å². The predicted molar refractivity (Wildman–Crippen MR) is 143 cm³/mol. The highest BCUT2D eigenvalue weighted by Gasteiger charge is 2.27. The van der Waals surface area contributed by atoms with Crippen LogP contribution in [0.15, 0.2) is 36.4 Å². The van der Waals surface area contributed by atoms with Gasteiger partial charge in [-0.2, -0.15) is 27.0 Å². The summed E-state index contributed by atoms with van der Waals surface area (Å²) in [5, 5.41) is 29.6. The molecule has 2 aliphatic carbocycles. The third-order valence-corrected chi connectivity index (χ3v) is 7.09. The van der Waals surface area contributed by atoms with Crippen LogP contribution in [-0.4, -0.2) is 15.3 Å². The number of aryl methyl sites for hydroxylation is 1. The van der Waals surface area contributed by atoms with Crippen molar-refractivity contribution in [3.05, 3.63) is 70.3 Å². The van der Waals surface area contributed by atoms with E-state index in [1.165, 1.54) is 31.0 Å². The molecule has 0 aromatic heterocycles. The van der Waals surface area contributed by atoms with Crippen LogP contribution in [0.1, 0.15) is 92.8 Å². The number of halogens is 2. The van der Waals surface area contributed by atoms with Gasteiger partial charge in [-0.1, -0.05) is 44.7 Å². The fourth-order valence-corrected chi connectivity index (χ4v) is 5.22. The van der Waals surface area contributed by atoms with Crippen LogP contribution in [0.3, 0.4) is 0 Å². The van der Waals surface area contributed by atoms with E-state index in [4.69, 9.17) is 5.11 Å². The number of hydrogen-bond acceptors (Lipinski definition) is 3. The SMILES string of the molecule is CCc1cc(F)ccc1C(O)C1CCCC1.OCc1cc(F)ccc1C(O)C1CCCC1.S.S. The molecule has 3 nitrogen and oxygen atoms in total. The molecule has 2 aliphatic rings. The highest BCUT2D eigenvalue weighted by molar-refractivity contribution is 7.59. The Bertz CT molecular complexity index is 797. The van der Waals surface area contributed by atoms with E-state index in [2.05, 4.69) is 0 Å². The molecule has 4 rings (SSSR count). The van der Waals surface area contributed by atoms with Gasteiger partial charge in [0.25, 0.3) is 0 Å². The van der Waals surface area contributed by atoms with Crippen LogP contribution in [0.5, 0.6) is 0 Å². The van der Waals surface area contributed by atoms with Crippen LogP contribution in [0, 0.1) is 23.5 Å². The largest absolute Gasteiger partial charge is 0.392 e. The molecular weight excluding hydrogens is 474 g/mol. The molecule has 2 aromatic carbocycles. The molecule has 0 aliphatic heterocycles. The van der Waals surface area contributed by atoms with Gasteiger partial charge in [0.05, 0.1) is 18.8 Å². The van der Waals surface area contributed by atoms with Gasteiger partial charge in [-0.25, -0.2) is 8.78 Å². The van der Waals surface area contributed by atoms with Crippen molar-refractivity contribution < 1.29 is 24.1 Å². The topological polar surface area (TPSA) is 60.7 Å². The Morgan fingerprint density at radius 1 is 0.735 bits per heavy atom. The molecule has 0 bridgehead atoms. The Hall–Kier alpha value is -1.12. The average molecular weight is 515 g/mol. The minimum atomic E-state index is -0.565. The number of aliphatic hydroxyl groups is 3. The molecule has 2 fully saturated rings. The lowest BCUT2D eigenvalue weighted by molar-refractivity contribution is 0.109. The summed E-state index contributed by atoms with van der Waals surface area (Å²) < 4.78 is 26.1. The molecule has 7 heteroatoms. The molecule has 0 amide bonds. The predicted octanol–water partition coefficient (Wildman–Crippen LogP) is 6.38. The zero-order valence-electron chi connectivity index (χ0n) is 19.9. The molecule has 0 radical (unpaired) electrons. The first-order valence-electron chi connectivity index (χ1n) is 12.0. The molecule has 3 N–H and O–H groups in total. The third kappa shape index (κ3) is 7.95. The standard InChI is InChI=1S/C14H19FO.C13H17FO2.2H2S/c1-2-10-9-12(15)7-8-13(10)14(16)11-5-3-4-6-11;14-11-5-6-12(10(7-11)8-15)13(16)9-3-1-2-4-9;;/h7-9,11,14,16H,2-6H2,1H3;5-7,9,13,15-16H,1-4,8H2;2*1H2. The zero-order chi connectivity index (χ0) is 23.1. The van der Waals surface area contributed by atoms with Crippen molar-refractivity contribution >= 4 is 27.0 Å². The normalized spacial score (nSPS) is 17.8. The molecule has 2 atom stereocenters. The molecule has 192 valence electrons. The van der Waals surface area contributed by atoms with E-state index in [0.29, 0.717) is 17.0 Å². The van der Waals surface area contributed by atoms with Gasteiger partial charge in [0.15, 0.2) is 0 Å². The summed E-state index contributed by atoms with van der Waals surface area (Å²) in [6.07, 6.45) is 8.76. The molecule has 0 saturated heterocycles. The maximum atomic E-state index is 13.1. The smallest absolute Gasteiger partial charge is 0.123 e. The van der Waals surface area contributed by atoms with E-state index in [9.17, 15) is 19.0 Å². The van der Waals surface area contributed by atoms with Gasteiger partial charge in [0.2, 0.25) is 0 Å². The Morgan fingerprint density at radius 2 is 1.12 bits per heavy atom. The van der Waals surface area contributed by atoms with Crippen LogP contribution in [0.2, 0.25) is 0 Å². The molecule has 2 aromatic rings. The Labute approximate surface area is 216 Å². The van der Waals surface area contributed by atoms with E-state index in [0.717, 1.165) is 56.1 Å². The van der Waals surface area contributed by atoms with Crippen LogP contribution >= 0.6 is 27.0 Å². The number of rotatable bonds is 6. The molecule has 2 unspecified atom stereocenters. The summed E-state index contributed by atoms with van der Waals surface area (Å²) in [5.74, 6) is 0.0529. The second-order valence-electron chi connectivity index (χ2n) is 9.18. The third-order valence-electron chi connectivity index (χ3n) is 7.09. The van der Waals surface area contributed by atoms with Gasteiger partial charge >= 0.3 is 0 Å². The fourth-order valence-electron chi connectivity index (χ4n) is 5.22. The van der Waals surface area contributed by atoms with E-state index in [1.54, 1.807) is 18.2 Å². The number of aliphatic hydroxyl groups excluding tert-OH is 3. The lowest BCUT2D eigenvalue weighted by atomic mass is 9.90. The summed E-state index contributed by atoms with van der Waals surface area (Å²) in [6, 6.07) is 8.97. The summed E-state index contributed by atoms with van der Waals surface area (Å²) in [4.78, 5) is 0. The van der Waals surface area contributed by atoms with Crippen molar-refractivity contribution in [2.45, 2.75) is 83.5 Å². The Balaban J connectivity index is 0.000000321. The first-order valence-corrected chi connectivity index (χ1v) is 12.0. The summed E-state index contributed by atoms with van der Waals surface area (Å²) in [6.45, 7) is 1.77. The van der Waals surface area contributed by atoms with Crippen molar-refractivity contribution in [2.75, 3.05) is 0 Å². The van der Waals surface area contributed by atoms with Crippen LogP contribution < -0.4 is 0 Å². The highest BCUT2D eigenvalue weighted by atomic mass is 32.1. The van der Waals surface area contributed by atoms with Crippen LogP contribution in [-0.2, 0) is 13.0 Å². The average Bonchev–Trinajstić information content (AvgIpc) is 3.53. The maximum Gasteiger partial charge on any atom is 0.123 e. The number of benzene rings is 2. The molecular formula is C27H40F2O3S2. The van der Waals surface area contributed by atoms with Crippen LogP contribution in [0.25, 0.3) is 0 Å². The summed E-state index contributed by atoms with van der Waals surface area (Å²) in [5.41, 5.74) is 3.05. The Morgan fingerprint density at radius 3 is 1.50 bits per heavy atom. The number of hydrogen-bond donors (Lipinski definition) is 3. The molecule has 34 heavy (non-hydrogen) atoms. The van der Waals surface area contributed by atoms with Gasteiger partial charge in [-0.3, -0.25) is 0 Å². The van der Waals surface area contributed by atoms with Crippen molar-refractivity contribution in [3.63, 3.8) is 0 Å². The second-order valence-corrected chi connectivity index (χ2v) is 9.18. The summed E-state index contributed by atoms with van der Waals surface area (Å²) in [7, 11) is 0. The Kier molecular flexibility index (Phi) is 13.7. The fraction of sp³-hybridized carbons (Fsp3) is 0.556. The van der Waals surface area contributed by atoms with E-state index in [-0.39, 0.29) is 51.2 Å². The molecule has 0 heterocycles. The van der Waals surface area contributed by atoms with Crippen molar-refractivity contribution in [2.24, 2.45) is 11.8 Å². The maximum absolute atomic E-state index is 13.1. The zero-order valence-corrected chi connectivity index (χ0v) is 21.9. The van der Waals surface area contributed by atoms with Crippen molar-refractivity contribution in [1.82, 2.24) is 0 Å². The molecule has 2 saturated carbocycles. The van der Waals surface area contributed by atoms with E-state index >= 15 is 0 Å². The first-order chi connectivity index (χ1) is 15.4. The quantitative estimate of drug-likeness (QED) is 0.419. The van der Waals surface area contributed by atoms with Gasteiger partial charge in [-0.05, 0) is 90.5 Å². The highest BCUT2D eigenvalue weighted by Crippen LogP contribution is 2.38. The van der Waals surface area contributed by atoms with E-state index < -0.39 is 12.2 Å². The minimum Gasteiger partial charge on any atom is -0.392 e. The second kappa shape index (κ2) is 15.1. The van der Waals surface area contributed by atoms with Gasteiger partial charge in [0, 0.05) is 0 Å². The first kappa shape index (κ1) is 30.9. The van der Waals surface area contributed by atoms with Crippen molar-refractivity contribution in [3.8, 4) is 0 Å². The minimum absolute atomic E-state index is 0. The lowest BCUT2D eigenvalue weighted by Gasteiger charge is -2.20. The van der Waals surface area contributed by atoms with Gasteiger partial charge in [0.1, 0.15) is 11.6 Å². The van der Waals surface area contributed by atoms with Crippen LogP contribution in [0.4, 0.5) is 8.78 Å². The van der Waals surface area contributed by atoms with Gasteiger partial charge < -0.3 is 15.3 Å². The molecule has 0 spiro atoms. The van der Waals surface area contributed by atoms with Crippen molar-refractivity contribution in [1.29, 1.82) is 0 Å². The monoisotopic (exact) mass is 514 g/mol. The van der Waals surface area contributed by atoms with Gasteiger partial charge in [-0.15, -0.1) is 0 Å². The lowest BCUT2D eigenvalue weighted by Crippen LogP contribution is -2.11. The summed E-state index contributed by atoms with van der Waals surface area (Å²) >= 11 is 0.